The average molecular weight is 522 g/mol. The average Bonchev–Trinajstić information content (AvgIpc) is 3.02. The van der Waals surface area contributed by atoms with E-state index in [0.29, 0.717) is 12.0 Å². The first-order valence-electron chi connectivity index (χ1n) is 14.0. The number of allylic oxidation sites excluding steroid dienone is 7. The lowest BCUT2D eigenvalue weighted by molar-refractivity contribution is 0.586. The van der Waals surface area contributed by atoms with E-state index in [9.17, 15) is 0 Å². The molecule has 4 aromatic carbocycles. The van der Waals surface area contributed by atoms with Gasteiger partial charge in [-0.25, -0.2) is 0 Å². The van der Waals surface area contributed by atoms with Crippen molar-refractivity contribution in [1.82, 2.24) is 5.32 Å². The molecule has 0 amide bonds. The highest BCUT2D eigenvalue weighted by molar-refractivity contribution is 5.87. The van der Waals surface area contributed by atoms with Gasteiger partial charge in [0.1, 0.15) is 0 Å². The van der Waals surface area contributed by atoms with E-state index in [1.54, 1.807) is 0 Å². The largest absolute Gasteiger partial charge is 0.384 e. The highest BCUT2D eigenvalue weighted by Gasteiger charge is 2.15. The molecule has 0 saturated carbocycles. The van der Waals surface area contributed by atoms with Gasteiger partial charge in [-0.3, -0.25) is 0 Å². The molecule has 0 fully saturated rings. The smallest absolute Gasteiger partial charge is 0.0507 e. The quantitative estimate of drug-likeness (QED) is 0.239. The van der Waals surface area contributed by atoms with Crippen LogP contribution in [0.5, 0.6) is 0 Å². The zero-order valence-corrected chi connectivity index (χ0v) is 23.8. The zero-order chi connectivity index (χ0) is 28.2. The van der Waals surface area contributed by atoms with Crippen molar-refractivity contribution in [3.8, 4) is 22.3 Å². The van der Waals surface area contributed by atoms with E-state index in [2.05, 4.69) is 153 Å². The molecule has 5 rings (SSSR count). The summed E-state index contributed by atoms with van der Waals surface area (Å²) in [6, 6.07) is 36.9. The molecule has 2 atom stereocenters. The molecule has 0 aromatic heterocycles. The summed E-state index contributed by atoms with van der Waals surface area (Å²) in [6.07, 6.45) is 16.4. The summed E-state index contributed by atoms with van der Waals surface area (Å²) in [5.74, 6) is 0.511. The van der Waals surface area contributed by atoms with E-state index < -0.39 is 0 Å². The Labute approximate surface area is 240 Å². The van der Waals surface area contributed by atoms with Crippen LogP contribution in [0.1, 0.15) is 36.5 Å². The zero-order valence-electron chi connectivity index (χ0n) is 23.8. The summed E-state index contributed by atoms with van der Waals surface area (Å²) in [4.78, 5) is 0. The van der Waals surface area contributed by atoms with E-state index in [1.807, 2.05) is 31.4 Å². The highest BCUT2D eigenvalue weighted by Crippen LogP contribution is 2.35. The van der Waals surface area contributed by atoms with Crippen LogP contribution in [0.25, 0.3) is 27.8 Å². The van der Waals surface area contributed by atoms with Gasteiger partial charge in [-0.2, -0.15) is 0 Å². The number of nitrogens with one attached hydrogen (secondary N) is 1. The van der Waals surface area contributed by atoms with E-state index in [0.717, 1.165) is 0 Å². The van der Waals surface area contributed by atoms with Crippen LogP contribution in [0.4, 0.5) is 0 Å². The summed E-state index contributed by atoms with van der Waals surface area (Å²) < 4.78 is 0. The summed E-state index contributed by atoms with van der Waals surface area (Å²) >= 11 is 0. The third-order valence-corrected chi connectivity index (χ3v) is 7.16. The topological polar surface area (TPSA) is 12.0 Å². The van der Waals surface area contributed by atoms with Gasteiger partial charge in [0.15, 0.2) is 0 Å². The second kappa shape index (κ2) is 14.5. The minimum Gasteiger partial charge on any atom is -0.384 e. The van der Waals surface area contributed by atoms with Crippen LogP contribution in [-0.4, -0.2) is 6.04 Å². The van der Waals surface area contributed by atoms with Crippen LogP contribution in [0, 0.1) is 6.92 Å². The fourth-order valence-electron chi connectivity index (χ4n) is 5.05. The number of dihydropyridines is 1. The van der Waals surface area contributed by atoms with Gasteiger partial charge in [0.25, 0.3) is 0 Å². The molecule has 1 heteroatoms. The molecule has 0 bridgehead atoms. The lowest BCUT2D eigenvalue weighted by Gasteiger charge is -2.23. The summed E-state index contributed by atoms with van der Waals surface area (Å²) in [6.45, 7) is 10.3. The SMILES string of the molecule is C=C/C=C(\C=C/C)c1cccc(-c2cccc(C)c2-c2ccccc2)c1.CC(c1ccccc1)C1C=CC=CN1. The van der Waals surface area contributed by atoms with Crippen molar-refractivity contribution in [2.75, 3.05) is 0 Å². The lowest BCUT2D eigenvalue weighted by Crippen LogP contribution is -2.29. The Morgan fingerprint density at radius 2 is 1.52 bits per heavy atom. The first-order valence-corrected chi connectivity index (χ1v) is 14.0. The molecule has 1 heterocycles. The Morgan fingerprint density at radius 1 is 0.825 bits per heavy atom. The lowest BCUT2D eigenvalue weighted by atomic mass is 9.90. The molecule has 0 saturated heterocycles. The highest BCUT2D eigenvalue weighted by atomic mass is 14.9. The van der Waals surface area contributed by atoms with Gasteiger partial charge < -0.3 is 5.32 Å². The van der Waals surface area contributed by atoms with Gasteiger partial charge in [0, 0.05) is 5.92 Å². The van der Waals surface area contributed by atoms with Crippen molar-refractivity contribution in [3.63, 3.8) is 0 Å². The first kappa shape index (κ1) is 28.4. The van der Waals surface area contributed by atoms with E-state index in [4.69, 9.17) is 0 Å². The fourth-order valence-corrected chi connectivity index (χ4v) is 5.05. The molecule has 0 aliphatic carbocycles. The maximum Gasteiger partial charge on any atom is 0.0507 e. The molecule has 2 unspecified atom stereocenters. The second-order valence-corrected chi connectivity index (χ2v) is 9.94. The van der Waals surface area contributed by atoms with Crippen molar-refractivity contribution in [3.05, 3.63) is 175 Å². The number of hydrogen-bond donors (Lipinski definition) is 1. The summed E-state index contributed by atoms with van der Waals surface area (Å²) in [7, 11) is 0. The van der Waals surface area contributed by atoms with Gasteiger partial charge in [-0.15, -0.1) is 0 Å². The van der Waals surface area contributed by atoms with E-state index in [-0.39, 0.29) is 0 Å². The van der Waals surface area contributed by atoms with Crippen molar-refractivity contribution in [2.24, 2.45) is 0 Å². The minimum absolute atomic E-state index is 0.419. The predicted molar refractivity (Wildman–Crippen MR) is 175 cm³/mol. The molecule has 0 radical (unpaired) electrons. The van der Waals surface area contributed by atoms with Crippen LogP contribution in [0.2, 0.25) is 0 Å². The Bertz CT molecular complexity index is 1500. The van der Waals surface area contributed by atoms with Gasteiger partial charge in [-0.05, 0) is 76.7 Å². The van der Waals surface area contributed by atoms with Crippen LogP contribution in [0.15, 0.2) is 158 Å². The minimum atomic E-state index is 0.419. The summed E-state index contributed by atoms with van der Waals surface area (Å²) in [5, 5.41) is 3.35. The number of benzene rings is 4. The number of hydrogen-bond acceptors (Lipinski definition) is 1. The molecule has 4 aromatic rings. The Morgan fingerprint density at radius 3 is 2.20 bits per heavy atom. The monoisotopic (exact) mass is 521 g/mol. The Balaban J connectivity index is 0.000000222. The molecule has 200 valence electrons. The van der Waals surface area contributed by atoms with Gasteiger partial charge in [0.2, 0.25) is 0 Å². The molecule has 1 aliphatic heterocycles. The van der Waals surface area contributed by atoms with Gasteiger partial charge in [-0.1, -0.05) is 147 Å². The van der Waals surface area contributed by atoms with Crippen molar-refractivity contribution < 1.29 is 0 Å². The molecular weight excluding hydrogens is 482 g/mol. The van der Waals surface area contributed by atoms with Crippen LogP contribution >= 0.6 is 0 Å². The first-order chi connectivity index (χ1) is 19.6. The van der Waals surface area contributed by atoms with E-state index >= 15 is 0 Å². The maximum atomic E-state index is 3.84. The van der Waals surface area contributed by atoms with Crippen LogP contribution in [0.3, 0.4) is 0 Å². The van der Waals surface area contributed by atoms with Crippen molar-refractivity contribution in [1.29, 1.82) is 0 Å². The molecule has 1 aliphatic rings. The number of aryl methyl sites for hydroxylation is 1. The molecule has 1 nitrogen and oxygen atoms in total. The normalized spacial score (nSPS) is 15.2. The maximum absolute atomic E-state index is 3.84. The molecule has 1 N–H and O–H groups in total. The second-order valence-electron chi connectivity index (χ2n) is 9.94. The van der Waals surface area contributed by atoms with Gasteiger partial charge >= 0.3 is 0 Å². The van der Waals surface area contributed by atoms with Crippen molar-refractivity contribution in [2.45, 2.75) is 32.7 Å². The molecule has 0 spiro atoms. The Hall–Kier alpha value is -4.62. The summed E-state index contributed by atoms with van der Waals surface area (Å²) in [5.41, 5.74) is 10.1. The third-order valence-electron chi connectivity index (χ3n) is 7.16. The van der Waals surface area contributed by atoms with Gasteiger partial charge in [0.05, 0.1) is 6.04 Å². The number of rotatable bonds is 7. The van der Waals surface area contributed by atoms with E-state index in [1.165, 1.54) is 44.5 Å². The predicted octanol–water partition coefficient (Wildman–Crippen LogP) is 10.3. The fraction of sp³-hybridized carbons (Fsp3) is 0.128. The van der Waals surface area contributed by atoms with Crippen LogP contribution < -0.4 is 5.32 Å². The third kappa shape index (κ3) is 7.27. The Kier molecular flexibility index (Phi) is 10.3. The molecule has 40 heavy (non-hydrogen) atoms. The standard InChI is InChI=1S/C26H24.C13H15N/c1-4-11-21(12-5-2)23-16-10-17-24(19-23)25-18-9-13-20(3)26(25)22-14-7-6-8-15-22;1-11(12-7-3-2-4-8-12)13-9-5-6-10-14-13/h4-19H,1H2,2-3H3;2-11,13-14H,1H3/b12-5-,21-11+;. The molecular formula is C39H39N. The van der Waals surface area contributed by atoms with Crippen LogP contribution in [-0.2, 0) is 0 Å². The van der Waals surface area contributed by atoms with Crippen molar-refractivity contribution >= 4 is 5.57 Å².